The maximum Gasteiger partial charge on any atom is 0.311 e. The number of carbonyl (C=O) groups is 2. The van der Waals surface area contributed by atoms with Gasteiger partial charge in [0.15, 0.2) is 0 Å². The Balaban J connectivity index is 1.72. The van der Waals surface area contributed by atoms with E-state index < -0.39 is 5.41 Å². The van der Waals surface area contributed by atoms with Gasteiger partial charge < -0.3 is 14.2 Å². The molecule has 1 saturated heterocycles. The molecule has 0 aromatic rings. The van der Waals surface area contributed by atoms with E-state index >= 15 is 0 Å². The van der Waals surface area contributed by atoms with E-state index in [0.29, 0.717) is 24.2 Å². The van der Waals surface area contributed by atoms with E-state index in [1.807, 2.05) is 20.8 Å². The summed E-state index contributed by atoms with van der Waals surface area (Å²) in [6.07, 6.45) is 12.2. The molecule has 3 aliphatic rings. The van der Waals surface area contributed by atoms with Crippen LogP contribution in [0.3, 0.4) is 0 Å². The minimum absolute atomic E-state index is 0.0548. The first-order valence-corrected chi connectivity index (χ1v) is 13.5. The fraction of sp³-hybridized carbons (Fsp3) is 0.793. The highest BCUT2D eigenvalue weighted by Gasteiger charge is 2.43. The molecule has 0 aromatic carbocycles. The minimum Gasteiger partial charge on any atom is -0.462 e. The summed E-state index contributed by atoms with van der Waals surface area (Å²) in [5.41, 5.74) is 0.824. The SMILES string of the molecule is CCC(C)O[C@H]1CC(=O)O[C@H](CC[C@@H]2[C@@H]3C(=C[C@H](C)C[C@@H]3OC(=O)C(C)(C)CC)C=C[C@@H]2C)C1. The molecule has 1 unspecified atom stereocenters. The van der Waals surface area contributed by atoms with E-state index in [0.717, 1.165) is 38.5 Å². The van der Waals surface area contributed by atoms with E-state index in [-0.39, 0.29) is 42.3 Å². The summed E-state index contributed by atoms with van der Waals surface area (Å²) in [7, 11) is 0. The van der Waals surface area contributed by atoms with Gasteiger partial charge in [-0.15, -0.1) is 0 Å². The number of cyclic esters (lactones) is 1. The molecule has 1 fully saturated rings. The van der Waals surface area contributed by atoms with Crippen LogP contribution in [0.1, 0.15) is 93.4 Å². The summed E-state index contributed by atoms with van der Waals surface area (Å²) in [6, 6.07) is 0. The van der Waals surface area contributed by atoms with Gasteiger partial charge in [0.05, 0.1) is 24.0 Å². The highest BCUT2D eigenvalue weighted by Crippen LogP contribution is 2.45. The monoisotopic (exact) mass is 474 g/mol. The number of hydrogen-bond donors (Lipinski definition) is 0. The standard InChI is InChI=1S/C29H46O5/c1-8-20(5)32-23-16-22(33-26(30)17-23)12-13-24-19(4)10-11-21-14-18(3)15-25(27(21)24)34-28(31)29(6,7)9-2/h10-11,14,18-20,22-25,27H,8-9,12-13,15-17H2,1-7H3/t18-,19-,20?,22+,23+,24-,25-,27-/m0/s1. The maximum absolute atomic E-state index is 13.0. The largest absolute Gasteiger partial charge is 0.462 e. The molecule has 0 radical (unpaired) electrons. The number of allylic oxidation sites excluding steroid dienone is 3. The quantitative estimate of drug-likeness (QED) is 0.361. The average Bonchev–Trinajstić information content (AvgIpc) is 2.77. The summed E-state index contributed by atoms with van der Waals surface area (Å²) < 4.78 is 18.0. The summed E-state index contributed by atoms with van der Waals surface area (Å²) in [6.45, 7) is 14.6. The topological polar surface area (TPSA) is 61.8 Å². The Kier molecular flexibility index (Phi) is 9.05. The van der Waals surface area contributed by atoms with Crippen molar-refractivity contribution in [3.8, 4) is 0 Å². The van der Waals surface area contributed by atoms with Gasteiger partial charge >= 0.3 is 11.9 Å². The maximum atomic E-state index is 13.0. The summed E-state index contributed by atoms with van der Waals surface area (Å²) >= 11 is 0. The normalized spacial score (nSPS) is 34.6. The molecule has 5 nitrogen and oxygen atoms in total. The fourth-order valence-corrected chi connectivity index (χ4v) is 5.59. The van der Waals surface area contributed by atoms with E-state index in [1.165, 1.54) is 5.57 Å². The molecule has 0 bridgehead atoms. The summed E-state index contributed by atoms with van der Waals surface area (Å²) in [5.74, 6) is 1.05. The predicted octanol–water partition coefficient (Wildman–Crippen LogP) is 6.41. The first-order chi connectivity index (χ1) is 16.0. The number of ether oxygens (including phenoxy) is 3. The Labute approximate surface area is 206 Å². The van der Waals surface area contributed by atoms with Crippen molar-refractivity contribution in [3.05, 3.63) is 23.8 Å². The number of rotatable bonds is 9. The van der Waals surface area contributed by atoms with E-state index in [4.69, 9.17) is 14.2 Å². The molecule has 0 N–H and O–H groups in total. The molecule has 2 aliphatic carbocycles. The number of esters is 2. The van der Waals surface area contributed by atoms with Gasteiger partial charge in [-0.05, 0) is 76.2 Å². The second-order valence-corrected chi connectivity index (χ2v) is 11.6. The summed E-state index contributed by atoms with van der Waals surface area (Å²) in [4.78, 5) is 25.2. The Morgan fingerprint density at radius 1 is 1.21 bits per heavy atom. The second kappa shape index (κ2) is 11.4. The second-order valence-electron chi connectivity index (χ2n) is 11.6. The van der Waals surface area contributed by atoms with Crippen molar-refractivity contribution in [1.82, 2.24) is 0 Å². The van der Waals surface area contributed by atoms with Gasteiger partial charge in [0, 0.05) is 12.3 Å². The Bertz CT molecular complexity index is 781. The molecule has 0 aromatic heterocycles. The predicted molar refractivity (Wildman–Crippen MR) is 134 cm³/mol. The lowest BCUT2D eigenvalue weighted by Crippen LogP contribution is -2.43. The van der Waals surface area contributed by atoms with Gasteiger partial charge in [-0.3, -0.25) is 9.59 Å². The van der Waals surface area contributed by atoms with Crippen LogP contribution in [0, 0.1) is 29.1 Å². The van der Waals surface area contributed by atoms with Crippen LogP contribution in [0.4, 0.5) is 0 Å². The van der Waals surface area contributed by atoms with Crippen molar-refractivity contribution in [3.63, 3.8) is 0 Å². The van der Waals surface area contributed by atoms with Crippen LogP contribution in [-0.2, 0) is 23.8 Å². The van der Waals surface area contributed by atoms with Gasteiger partial charge in [-0.2, -0.15) is 0 Å². The van der Waals surface area contributed by atoms with Crippen molar-refractivity contribution >= 4 is 11.9 Å². The molecule has 0 spiro atoms. The molecule has 0 saturated carbocycles. The zero-order valence-corrected chi connectivity index (χ0v) is 22.3. The van der Waals surface area contributed by atoms with Crippen molar-refractivity contribution < 1.29 is 23.8 Å². The minimum atomic E-state index is -0.475. The van der Waals surface area contributed by atoms with Crippen LogP contribution in [0.2, 0.25) is 0 Å². The first kappa shape index (κ1) is 27.0. The lowest BCUT2D eigenvalue weighted by Gasteiger charge is -2.44. The smallest absolute Gasteiger partial charge is 0.311 e. The van der Waals surface area contributed by atoms with Gasteiger partial charge in [0.1, 0.15) is 12.2 Å². The molecule has 34 heavy (non-hydrogen) atoms. The van der Waals surface area contributed by atoms with Crippen LogP contribution in [0.15, 0.2) is 23.8 Å². The molecule has 8 atom stereocenters. The number of fused-ring (bicyclic) bond motifs is 1. The molecular weight excluding hydrogens is 428 g/mol. The lowest BCUT2D eigenvalue weighted by atomic mass is 9.65. The molecule has 3 rings (SSSR count). The third-order valence-corrected chi connectivity index (χ3v) is 8.33. The van der Waals surface area contributed by atoms with Crippen LogP contribution in [0.25, 0.3) is 0 Å². The molecule has 5 heteroatoms. The number of hydrogen-bond acceptors (Lipinski definition) is 5. The van der Waals surface area contributed by atoms with Gasteiger partial charge in [0.2, 0.25) is 0 Å². The van der Waals surface area contributed by atoms with E-state index in [9.17, 15) is 9.59 Å². The van der Waals surface area contributed by atoms with E-state index in [2.05, 4.69) is 45.9 Å². The highest BCUT2D eigenvalue weighted by atomic mass is 16.6. The van der Waals surface area contributed by atoms with Gasteiger partial charge in [-0.25, -0.2) is 0 Å². The molecule has 0 amide bonds. The molecular formula is C29H46O5. The Morgan fingerprint density at radius 2 is 1.94 bits per heavy atom. The van der Waals surface area contributed by atoms with Gasteiger partial charge in [-0.1, -0.05) is 45.9 Å². The summed E-state index contributed by atoms with van der Waals surface area (Å²) in [5, 5.41) is 0. The molecule has 1 aliphatic heterocycles. The van der Waals surface area contributed by atoms with Crippen LogP contribution in [0.5, 0.6) is 0 Å². The van der Waals surface area contributed by atoms with Crippen LogP contribution in [-0.4, -0.2) is 36.4 Å². The zero-order chi connectivity index (χ0) is 25.0. The molecule has 1 heterocycles. The van der Waals surface area contributed by atoms with E-state index in [1.54, 1.807) is 0 Å². The zero-order valence-electron chi connectivity index (χ0n) is 22.3. The third kappa shape index (κ3) is 6.53. The van der Waals surface area contributed by atoms with Crippen LogP contribution < -0.4 is 0 Å². The fourth-order valence-electron chi connectivity index (χ4n) is 5.59. The molecule has 192 valence electrons. The average molecular weight is 475 g/mol. The highest BCUT2D eigenvalue weighted by molar-refractivity contribution is 5.76. The van der Waals surface area contributed by atoms with Crippen molar-refractivity contribution in [2.45, 2.75) is 118 Å². The first-order valence-electron chi connectivity index (χ1n) is 13.5. The van der Waals surface area contributed by atoms with Crippen molar-refractivity contribution in [2.24, 2.45) is 29.1 Å². The Morgan fingerprint density at radius 3 is 2.62 bits per heavy atom. The third-order valence-electron chi connectivity index (χ3n) is 8.33. The van der Waals surface area contributed by atoms with Crippen molar-refractivity contribution in [1.29, 1.82) is 0 Å². The Hall–Kier alpha value is -1.62. The van der Waals surface area contributed by atoms with Crippen LogP contribution >= 0.6 is 0 Å². The van der Waals surface area contributed by atoms with Crippen molar-refractivity contribution in [2.75, 3.05) is 0 Å². The lowest BCUT2D eigenvalue weighted by molar-refractivity contribution is -0.168. The number of carbonyl (C=O) groups excluding carboxylic acids is 2. The van der Waals surface area contributed by atoms with Gasteiger partial charge in [0.25, 0.3) is 0 Å².